The Labute approximate surface area is 120 Å². The molecule has 3 nitrogen and oxygen atoms in total. The summed E-state index contributed by atoms with van der Waals surface area (Å²) in [6.07, 6.45) is 5.16. The van der Waals surface area contributed by atoms with Crippen LogP contribution >= 0.6 is 0 Å². The zero-order chi connectivity index (χ0) is 14.0. The third-order valence-electron chi connectivity index (χ3n) is 4.70. The van der Waals surface area contributed by atoms with Crippen molar-refractivity contribution >= 4 is 0 Å². The second kappa shape index (κ2) is 5.55. The summed E-state index contributed by atoms with van der Waals surface area (Å²) < 4.78 is 6.13. The molecule has 3 unspecified atom stereocenters. The molecule has 1 saturated heterocycles. The summed E-state index contributed by atoms with van der Waals surface area (Å²) in [5.41, 5.74) is 2.01. The Hall–Kier alpha value is -1.37. The van der Waals surface area contributed by atoms with Crippen molar-refractivity contribution in [1.29, 1.82) is 5.26 Å². The van der Waals surface area contributed by atoms with Crippen molar-refractivity contribution in [2.45, 2.75) is 44.2 Å². The normalized spacial score (nSPS) is 33.8. The van der Waals surface area contributed by atoms with E-state index in [4.69, 9.17) is 10.00 Å². The minimum atomic E-state index is 0.0751. The fourth-order valence-electron chi connectivity index (χ4n) is 3.65. The van der Waals surface area contributed by atoms with E-state index < -0.39 is 0 Å². The van der Waals surface area contributed by atoms with Crippen molar-refractivity contribution in [3.05, 3.63) is 35.4 Å². The highest BCUT2D eigenvalue weighted by atomic mass is 16.5. The topological polar surface area (TPSA) is 45.0 Å². The molecule has 106 valence electrons. The monoisotopic (exact) mass is 270 g/mol. The van der Waals surface area contributed by atoms with Crippen molar-refractivity contribution < 1.29 is 4.74 Å². The van der Waals surface area contributed by atoms with E-state index in [1.165, 1.54) is 25.7 Å². The van der Waals surface area contributed by atoms with Gasteiger partial charge in [-0.25, -0.2) is 0 Å². The largest absolute Gasteiger partial charge is 0.370 e. The molecule has 0 aromatic heterocycles. The van der Waals surface area contributed by atoms with E-state index >= 15 is 0 Å². The number of rotatable bonds is 1. The predicted octanol–water partition coefficient (Wildman–Crippen LogP) is 3.17. The molecule has 2 aliphatic rings. The first-order valence-electron chi connectivity index (χ1n) is 7.57. The van der Waals surface area contributed by atoms with Crippen LogP contribution in [-0.4, -0.2) is 18.7 Å². The maximum Gasteiger partial charge on any atom is 0.0991 e. The molecular weight excluding hydrogens is 248 g/mol. The van der Waals surface area contributed by atoms with Gasteiger partial charge in [-0.3, -0.25) is 0 Å². The van der Waals surface area contributed by atoms with Crippen LogP contribution in [0.2, 0.25) is 0 Å². The molecule has 2 fully saturated rings. The third kappa shape index (κ3) is 2.72. The van der Waals surface area contributed by atoms with Crippen molar-refractivity contribution in [2.75, 3.05) is 13.2 Å². The quantitative estimate of drug-likeness (QED) is 0.852. The van der Waals surface area contributed by atoms with Crippen LogP contribution in [0.5, 0.6) is 0 Å². The highest BCUT2D eigenvalue weighted by Gasteiger charge is 2.39. The Morgan fingerprint density at radius 1 is 1.45 bits per heavy atom. The average Bonchev–Trinajstić information content (AvgIpc) is 2.48. The van der Waals surface area contributed by atoms with Crippen LogP contribution in [0.3, 0.4) is 0 Å². The minimum absolute atomic E-state index is 0.0751. The van der Waals surface area contributed by atoms with E-state index in [0.29, 0.717) is 5.56 Å². The molecule has 1 saturated carbocycles. The van der Waals surface area contributed by atoms with Crippen molar-refractivity contribution in [3.63, 3.8) is 0 Å². The Morgan fingerprint density at radius 2 is 2.35 bits per heavy atom. The van der Waals surface area contributed by atoms with E-state index in [9.17, 15) is 0 Å². The van der Waals surface area contributed by atoms with Gasteiger partial charge in [-0.05, 0) is 36.5 Å². The Balaban J connectivity index is 1.67. The van der Waals surface area contributed by atoms with E-state index in [-0.39, 0.29) is 11.6 Å². The number of nitriles is 1. The summed E-state index contributed by atoms with van der Waals surface area (Å²) >= 11 is 0. The van der Waals surface area contributed by atoms with Crippen LogP contribution in [0.15, 0.2) is 24.3 Å². The smallest absolute Gasteiger partial charge is 0.0991 e. The second-order valence-electron chi connectivity index (χ2n) is 6.40. The van der Waals surface area contributed by atoms with E-state index in [1.54, 1.807) is 0 Å². The predicted molar refractivity (Wildman–Crippen MR) is 78.2 cm³/mol. The summed E-state index contributed by atoms with van der Waals surface area (Å²) in [6.45, 7) is 3.98. The van der Waals surface area contributed by atoms with Gasteiger partial charge >= 0.3 is 0 Å². The molecule has 0 bridgehead atoms. The molecule has 20 heavy (non-hydrogen) atoms. The molecule has 0 amide bonds. The summed E-state index contributed by atoms with van der Waals surface area (Å²) in [4.78, 5) is 0. The zero-order valence-electron chi connectivity index (χ0n) is 12.1. The lowest BCUT2D eigenvalue weighted by atomic mass is 9.76. The standard InChI is InChI=1S/C17H22N2O/c1-13-4-3-7-17(9-13)12-20-16(11-19-17)15-6-2-5-14(8-15)10-18/h2,5-6,8,13,16,19H,3-4,7,9,11-12H2,1H3. The molecule has 3 rings (SSSR count). The van der Waals surface area contributed by atoms with Gasteiger partial charge in [0.25, 0.3) is 0 Å². The molecular formula is C17H22N2O. The van der Waals surface area contributed by atoms with Gasteiger partial charge in [0.2, 0.25) is 0 Å². The highest BCUT2D eigenvalue weighted by Crippen LogP contribution is 2.36. The molecule has 1 heterocycles. The summed E-state index contributed by atoms with van der Waals surface area (Å²) in [5, 5.41) is 12.7. The van der Waals surface area contributed by atoms with Gasteiger partial charge in [-0.15, -0.1) is 0 Å². The fraction of sp³-hybridized carbons (Fsp3) is 0.588. The van der Waals surface area contributed by atoms with E-state index in [1.807, 2.05) is 18.2 Å². The number of hydrogen-bond acceptors (Lipinski definition) is 3. The second-order valence-corrected chi connectivity index (χ2v) is 6.40. The number of nitrogens with one attached hydrogen (secondary N) is 1. The molecule has 1 aliphatic carbocycles. The Bertz CT molecular complexity index is 512. The van der Waals surface area contributed by atoms with Gasteiger partial charge in [-0.1, -0.05) is 31.9 Å². The van der Waals surface area contributed by atoms with E-state index in [2.05, 4.69) is 24.4 Å². The first-order valence-corrected chi connectivity index (χ1v) is 7.57. The average molecular weight is 270 g/mol. The maximum atomic E-state index is 8.98. The SMILES string of the molecule is CC1CCCC2(COC(c3cccc(C#N)c3)CN2)C1. The van der Waals surface area contributed by atoms with Crippen LogP contribution in [0.4, 0.5) is 0 Å². The van der Waals surface area contributed by atoms with Crippen LogP contribution in [0.25, 0.3) is 0 Å². The lowest BCUT2D eigenvalue weighted by Gasteiger charge is -2.45. The first kappa shape index (κ1) is 13.6. The van der Waals surface area contributed by atoms with E-state index in [0.717, 1.165) is 24.6 Å². The maximum absolute atomic E-state index is 8.98. The number of ether oxygens (including phenoxy) is 1. The van der Waals surface area contributed by atoms with Crippen LogP contribution in [0.1, 0.15) is 49.8 Å². The molecule has 3 heteroatoms. The number of hydrogen-bond donors (Lipinski definition) is 1. The Kier molecular flexibility index (Phi) is 3.78. The zero-order valence-corrected chi connectivity index (χ0v) is 12.1. The van der Waals surface area contributed by atoms with Crippen LogP contribution in [-0.2, 0) is 4.74 Å². The van der Waals surface area contributed by atoms with Gasteiger partial charge in [0.1, 0.15) is 0 Å². The summed E-state index contributed by atoms with van der Waals surface area (Å²) in [6, 6.07) is 9.95. The lowest BCUT2D eigenvalue weighted by Crippen LogP contribution is -2.56. The van der Waals surface area contributed by atoms with Gasteiger partial charge in [0.15, 0.2) is 0 Å². The number of morpholine rings is 1. The number of benzene rings is 1. The molecule has 1 N–H and O–H groups in total. The van der Waals surface area contributed by atoms with Crippen LogP contribution in [0, 0.1) is 17.2 Å². The first-order chi connectivity index (χ1) is 9.71. The van der Waals surface area contributed by atoms with Crippen molar-refractivity contribution in [1.82, 2.24) is 5.32 Å². The highest BCUT2D eigenvalue weighted by molar-refractivity contribution is 5.34. The van der Waals surface area contributed by atoms with Gasteiger partial charge in [0, 0.05) is 12.1 Å². The summed E-state index contributed by atoms with van der Waals surface area (Å²) in [5.74, 6) is 0.790. The minimum Gasteiger partial charge on any atom is -0.370 e. The van der Waals surface area contributed by atoms with Crippen molar-refractivity contribution in [3.8, 4) is 6.07 Å². The molecule has 0 radical (unpaired) electrons. The van der Waals surface area contributed by atoms with Crippen molar-refractivity contribution in [2.24, 2.45) is 5.92 Å². The van der Waals surface area contributed by atoms with Gasteiger partial charge in [0.05, 0.1) is 24.3 Å². The molecule has 3 atom stereocenters. The Morgan fingerprint density at radius 3 is 3.05 bits per heavy atom. The molecule has 1 aromatic rings. The van der Waals surface area contributed by atoms with Gasteiger partial charge in [-0.2, -0.15) is 5.26 Å². The molecule has 1 aromatic carbocycles. The van der Waals surface area contributed by atoms with Crippen LogP contribution < -0.4 is 5.32 Å². The summed E-state index contributed by atoms with van der Waals surface area (Å²) in [7, 11) is 0. The fourth-order valence-corrected chi connectivity index (χ4v) is 3.65. The third-order valence-corrected chi connectivity index (χ3v) is 4.70. The molecule has 1 aliphatic heterocycles. The molecule has 1 spiro atoms. The number of nitrogens with zero attached hydrogens (tertiary/aromatic N) is 1. The van der Waals surface area contributed by atoms with Gasteiger partial charge < -0.3 is 10.1 Å². The lowest BCUT2D eigenvalue weighted by molar-refractivity contribution is -0.0527.